The van der Waals surface area contributed by atoms with Gasteiger partial charge in [0.1, 0.15) is 6.26 Å². The summed E-state index contributed by atoms with van der Waals surface area (Å²) in [7, 11) is 0. The van der Waals surface area contributed by atoms with Gasteiger partial charge in [0.15, 0.2) is 0 Å². The monoisotopic (exact) mass is 215 g/mol. The van der Waals surface area contributed by atoms with E-state index < -0.39 is 0 Å². The van der Waals surface area contributed by atoms with Crippen LogP contribution in [0.15, 0.2) is 10.7 Å². The van der Waals surface area contributed by atoms with Crippen LogP contribution in [0, 0.1) is 5.92 Å². The lowest BCUT2D eigenvalue weighted by atomic mass is 10.1. The zero-order valence-electron chi connectivity index (χ0n) is 8.04. The zero-order chi connectivity index (χ0) is 9.80. The van der Waals surface area contributed by atoms with Gasteiger partial charge in [0.25, 0.3) is 0 Å². The molecule has 1 aromatic heterocycles. The molecule has 78 valence electrons. The van der Waals surface area contributed by atoms with E-state index in [0.717, 1.165) is 12.3 Å². The summed E-state index contributed by atoms with van der Waals surface area (Å²) in [5.74, 6) is 1.05. The molecule has 1 saturated carbocycles. The molecule has 0 bridgehead atoms. The molecule has 0 unspecified atom stereocenters. The van der Waals surface area contributed by atoms with Crippen molar-refractivity contribution >= 4 is 11.6 Å². The van der Waals surface area contributed by atoms with Crippen LogP contribution in [0.3, 0.4) is 0 Å². The number of hydrogen-bond acceptors (Lipinski definition) is 3. The van der Waals surface area contributed by atoms with E-state index in [-0.39, 0.29) is 0 Å². The minimum Gasteiger partial charge on any atom is -0.450 e. The highest BCUT2D eigenvalue weighted by Gasteiger charge is 2.16. The first-order valence-corrected chi connectivity index (χ1v) is 5.55. The van der Waals surface area contributed by atoms with Gasteiger partial charge in [-0.15, -0.1) is 11.6 Å². The first-order chi connectivity index (χ1) is 6.88. The Morgan fingerprint density at radius 2 is 2.29 bits per heavy atom. The van der Waals surface area contributed by atoms with Crippen LogP contribution >= 0.6 is 11.6 Å². The molecule has 1 aliphatic carbocycles. The van der Waals surface area contributed by atoms with Crippen LogP contribution in [0.5, 0.6) is 6.08 Å². The Hall–Kier alpha value is -0.700. The molecule has 1 fully saturated rings. The van der Waals surface area contributed by atoms with Crippen LogP contribution in [0.2, 0.25) is 0 Å². The summed E-state index contributed by atoms with van der Waals surface area (Å²) in [6.07, 6.45) is 7.08. The third-order valence-corrected chi connectivity index (χ3v) is 2.86. The van der Waals surface area contributed by atoms with Crippen molar-refractivity contribution in [2.45, 2.75) is 31.6 Å². The lowest BCUT2D eigenvalue weighted by Crippen LogP contribution is -2.08. The Balaban J connectivity index is 1.79. The maximum atomic E-state index is 5.59. The summed E-state index contributed by atoms with van der Waals surface area (Å²) in [5.41, 5.74) is 0.730. The minimum atomic E-state index is 0.354. The lowest BCUT2D eigenvalue weighted by molar-refractivity contribution is 0.190. The van der Waals surface area contributed by atoms with Gasteiger partial charge in [-0.1, -0.05) is 12.8 Å². The number of nitrogens with zero attached hydrogens (tertiary/aromatic N) is 1. The first-order valence-electron chi connectivity index (χ1n) is 5.01. The maximum Gasteiger partial charge on any atom is 0.393 e. The van der Waals surface area contributed by atoms with E-state index in [1.807, 2.05) is 0 Å². The first kappa shape index (κ1) is 9.84. The van der Waals surface area contributed by atoms with Crippen LogP contribution in [-0.2, 0) is 5.88 Å². The molecule has 4 heteroatoms. The standard InChI is InChI=1S/C10H14ClNO2/c11-5-9-7-14-10(12-9)13-6-8-3-1-2-4-8/h7-8H,1-6H2. The molecule has 0 radical (unpaired) electrons. The van der Waals surface area contributed by atoms with Crippen LogP contribution in [0.4, 0.5) is 0 Å². The second kappa shape index (κ2) is 4.69. The summed E-state index contributed by atoms with van der Waals surface area (Å²) in [5, 5.41) is 0. The van der Waals surface area contributed by atoms with Crippen LogP contribution in [0.1, 0.15) is 31.4 Å². The molecule has 1 heterocycles. The molecule has 0 saturated heterocycles. The summed E-state index contributed by atoms with van der Waals surface area (Å²) >= 11 is 5.59. The van der Waals surface area contributed by atoms with Crippen LogP contribution < -0.4 is 4.74 Å². The van der Waals surface area contributed by atoms with Gasteiger partial charge < -0.3 is 9.15 Å². The van der Waals surface area contributed by atoms with Crippen molar-refractivity contribution in [1.82, 2.24) is 4.98 Å². The highest BCUT2D eigenvalue weighted by Crippen LogP contribution is 2.25. The smallest absolute Gasteiger partial charge is 0.393 e. The van der Waals surface area contributed by atoms with Gasteiger partial charge in [-0.25, -0.2) is 0 Å². The number of ether oxygens (including phenoxy) is 1. The van der Waals surface area contributed by atoms with Gasteiger partial charge in [0.2, 0.25) is 0 Å². The second-order valence-electron chi connectivity index (χ2n) is 3.70. The summed E-state index contributed by atoms with van der Waals surface area (Å²) in [6, 6.07) is 0. The van der Waals surface area contributed by atoms with Crippen LogP contribution in [0.25, 0.3) is 0 Å². The van der Waals surface area contributed by atoms with E-state index in [2.05, 4.69) is 4.98 Å². The SMILES string of the molecule is ClCc1coc(OCC2CCCC2)n1. The van der Waals surface area contributed by atoms with Crippen molar-refractivity contribution in [1.29, 1.82) is 0 Å². The molecule has 0 amide bonds. The normalized spacial score (nSPS) is 17.5. The summed E-state index contributed by atoms with van der Waals surface area (Å²) in [4.78, 5) is 4.07. The van der Waals surface area contributed by atoms with E-state index >= 15 is 0 Å². The van der Waals surface area contributed by atoms with E-state index in [4.69, 9.17) is 20.8 Å². The third kappa shape index (κ3) is 2.41. The molecule has 0 atom stereocenters. The van der Waals surface area contributed by atoms with Crippen LogP contribution in [-0.4, -0.2) is 11.6 Å². The van der Waals surface area contributed by atoms with Gasteiger partial charge >= 0.3 is 6.08 Å². The maximum absolute atomic E-state index is 5.59. The number of rotatable bonds is 4. The topological polar surface area (TPSA) is 35.3 Å². The number of aromatic nitrogens is 1. The molecule has 0 N–H and O–H groups in total. The molecule has 14 heavy (non-hydrogen) atoms. The highest BCUT2D eigenvalue weighted by atomic mass is 35.5. The van der Waals surface area contributed by atoms with E-state index in [0.29, 0.717) is 17.9 Å². The predicted octanol–water partition coefficient (Wildman–Crippen LogP) is 2.98. The average molecular weight is 216 g/mol. The molecule has 3 nitrogen and oxygen atoms in total. The molecule has 0 aliphatic heterocycles. The molecule has 0 spiro atoms. The Morgan fingerprint density at radius 3 is 2.93 bits per heavy atom. The number of alkyl halides is 1. The third-order valence-electron chi connectivity index (χ3n) is 2.58. The molecule has 2 rings (SSSR count). The zero-order valence-corrected chi connectivity index (χ0v) is 8.79. The summed E-state index contributed by atoms with van der Waals surface area (Å²) in [6.45, 7) is 0.724. The number of hydrogen-bond donors (Lipinski definition) is 0. The van der Waals surface area contributed by atoms with Crippen molar-refractivity contribution < 1.29 is 9.15 Å². The Morgan fingerprint density at radius 1 is 1.50 bits per heavy atom. The van der Waals surface area contributed by atoms with Crippen molar-refractivity contribution in [3.63, 3.8) is 0 Å². The second-order valence-corrected chi connectivity index (χ2v) is 3.97. The molecular weight excluding hydrogens is 202 g/mol. The van der Waals surface area contributed by atoms with Crippen molar-refractivity contribution in [3.05, 3.63) is 12.0 Å². The average Bonchev–Trinajstić information content (AvgIpc) is 2.86. The fourth-order valence-electron chi connectivity index (χ4n) is 1.78. The van der Waals surface area contributed by atoms with Gasteiger partial charge in [-0.3, -0.25) is 0 Å². The van der Waals surface area contributed by atoms with E-state index in [1.165, 1.54) is 31.9 Å². The van der Waals surface area contributed by atoms with E-state index in [9.17, 15) is 0 Å². The minimum absolute atomic E-state index is 0.354. The van der Waals surface area contributed by atoms with Gasteiger partial charge in [-0.2, -0.15) is 4.98 Å². The largest absolute Gasteiger partial charge is 0.450 e. The summed E-state index contributed by atoms with van der Waals surface area (Å²) < 4.78 is 10.5. The fraction of sp³-hybridized carbons (Fsp3) is 0.700. The lowest BCUT2D eigenvalue weighted by Gasteiger charge is -2.07. The highest BCUT2D eigenvalue weighted by molar-refractivity contribution is 6.16. The van der Waals surface area contributed by atoms with Crippen molar-refractivity contribution in [3.8, 4) is 6.08 Å². The van der Waals surface area contributed by atoms with Gasteiger partial charge in [0.05, 0.1) is 18.2 Å². The molecular formula is C10H14ClNO2. The fourth-order valence-corrected chi connectivity index (χ4v) is 1.90. The molecule has 1 aromatic rings. The van der Waals surface area contributed by atoms with E-state index in [1.54, 1.807) is 0 Å². The Labute approximate surface area is 88.4 Å². The number of oxazole rings is 1. The number of halogens is 1. The predicted molar refractivity (Wildman–Crippen MR) is 53.5 cm³/mol. The molecule has 1 aliphatic rings. The van der Waals surface area contributed by atoms with Gasteiger partial charge in [-0.05, 0) is 18.8 Å². The molecule has 0 aromatic carbocycles. The van der Waals surface area contributed by atoms with Gasteiger partial charge in [0, 0.05) is 0 Å². The Bertz CT molecular complexity index is 281. The van der Waals surface area contributed by atoms with Crippen molar-refractivity contribution in [2.24, 2.45) is 5.92 Å². The quantitative estimate of drug-likeness (QED) is 0.725. The Kier molecular flexibility index (Phi) is 3.30. The van der Waals surface area contributed by atoms with Crippen molar-refractivity contribution in [2.75, 3.05) is 6.61 Å².